The molecule has 15 N–H and O–H groups in total. The number of aliphatic hydroxyl groups excluding tert-OH is 2. The van der Waals surface area contributed by atoms with Crippen LogP contribution in [0.1, 0.15) is 139 Å². The number of phosphoric ester groups is 1. The van der Waals surface area contributed by atoms with Crippen molar-refractivity contribution in [3.8, 4) is 0 Å². The first-order valence-electron chi connectivity index (χ1n) is 29.9. The fourth-order valence-electron chi connectivity index (χ4n) is 15.0. The molecular formula is C61H84CoN14O14P. The number of hydrogen-bond acceptors (Lipinski definition) is 19. The summed E-state index contributed by atoms with van der Waals surface area (Å²) in [6.07, 6.45) is -4.78. The third-order valence-electron chi connectivity index (χ3n) is 19.8. The molecule has 2 aromatic rings. The molecule has 6 aliphatic rings. The summed E-state index contributed by atoms with van der Waals surface area (Å²) in [6.45, 7) is 19.9. The number of primary amides is 6. The first kappa shape index (κ1) is 73.1. The first-order chi connectivity index (χ1) is 42.0. The third-order valence-corrected chi connectivity index (χ3v) is 20.9. The van der Waals surface area contributed by atoms with Gasteiger partial charge in [0, 0.05) is 103 Å². The van der Waals surface area contributed by atoms with E-state index in [2.05, 4.69) is 10.3 Å². The van der Waals surface area contributed by atoms with Crippen molar-refractivity contribution in [1.29, 1.82) is 5.26 Å². The van der Waals surface area contributed by atoms with E-state index < -0.39 is 143 Å². The second-order valence-electron chi connectivity index (χ2n) is 26.1. The Hall–Kier alpha value is -7.00. The topological polar surface area (TPSA) is 489 Å². The van der Waals surface area contributed by atoms with Crippen LogP contribution in [0.4, 0.5) is 0 Å². The summed E-state index contributed by atoms with van der Waals surface area (Å²) in [6, 6.07) is 5.94. The number of aromatic nitrogens is 2. The van der Waals surface area contributed by atoms with Crippen LogP contribution in [0.15, 0.2) is 79.9 Å². The van der Waals surface area contributed by atoms with Crippen molar-refractivity contribution in [1.82, 2.24) is 14.9 Å². The maximum atomic E-state index is 14.3. The molecule has 7 amide bonds. The molecule has 1 aromatic carbocycles. The average Bonchev–Trinajstić information content (AvgIpc) is 1.53. The number of aliphatic imine (C=N–C) groups is 3. The number of nitrogens with one attached hydrogen (secondary N) is 1. The Morgan fingerprint density at radius 2 is 1.44 bits per heavy atom. The second-order valence-corrected chi connectivity index (χ2v) is 27.4. The minimum Gasteiger partial charge on any atom is -0.756 e. The molecule has 0 aliphatic carbocycles. The quantitative estimate of drug-likeness (QED) is 0.0483. The van der Waals surface area contributed by atoms with Gasteiger partial charge < -0.3 is 90.3 Å². The number of allylic oxidation sites excluding steroid dienone is 6. The summed E-state index contributed by atoms with van der Waals surface area (Å²) >= 11 is 0. The van der Waals surface area contributed by atoms with E-state index in [1.165, 1.54) is 17.8 Å². The molecule has 91 heavy (non-hydrogen) atoms. The van der Waals surface area contributed by atoms with E-state index in [1.54, 1.807) is 38.1 Å². The maximum absolute atomic E-state index is 14.3. The zero-order valence-corrected chi connectivity index (χ0v) is 54.5. The Kier molecular flexibility index (Phi) is 22.5. The van der Waals surface area contributed by atoms with Gasteiger partial charge >= 0.3 is 16.8 Å². The molecule has 28 nitrogen and oxygen atoms in total. The predicted octanol–water partition coefficient (Wildman–Crippen LogP) is 2.79. The number of carbonyl (C=O) groups is 7. The first-order valence-corrected chi connectivity index (χ1v) is 31.4. The molecule has 8 bridgehead atoms. The Morgan fingerprint density at radius 1 is 0.846 bits per heavy atom. The smallest absolute Gasteiger partial charge is 0.756 e. The van der Waals surface area contributed by atoms with Crippen LogP contribution in [-0.4, -0.2) is 127 Å². The van der Waals surface area contributed by atoms with E-state index in [9.17, 15) is 53.2 Å². The Balaban J connectivity index is 0.00000434. The van der Waals surface area contributed by atoms with Gasteiger partial charge in [-0.25, -0.2) is 4.98 Å². The van der Waals surface area contributed by atoms with Crippen LogP contribution in [0.2, 0.25) is 0 Å². The van der Waals surface area contributed by atoms with Crippen molar-refractivity contribution in [2.45, 2.75) is 175 Å². The number of nitrogens with zero attached hydrogens (tertiary/aromatic N) is 7. The van der Waals surface area contributed by atoms with E-state index in [0.717, 1.165) is 0 Å². The van der Waals surface area contributed by atoms with Crippen molar-refractivity contribution in [3.05, 3.63) is 76.8 Å². The number of rotatable bonds is 26. The average molecular weight is 1330 g/mol. The van der Waals surface area contributed by atoms with Gasteiger partial charge in [0.25, 0.3) is 7.82 Å². The van der Waals surface area contributed by atoms with Crippen LogP contribution in [0.25, 0.3) is 16.4 Å². The van der Waals surface area contributed by atoms with Crippen LogP contribution in [0, 0.1) is 57.2 Å². The molecule has 0 radical (unpaired) electrons. The molecule has 7 heterocycles. The van der Waals surface area contributed by atoms with Crippen LogP contribution in [0.5, 0.6) is 0 Å². The molecule has 0 spiro atoms. The SMILES string of the molecule is C/C1=C2/[N-]/C(=C\C3=NC(=C(/C)C4=N[C@@](C)([C@@H]5N=C1[C@](C)(CCC(=O)NC[C@H](C)OP(=O)([O-])O[C@H]1[C@@H](O)[C@@H](n6cnc7ccccc76)O[C@@H]1CO)[C@H]5CC(N)=O)[C@@](C)(CC(N)=O)[C@@H]4CCC(N)=O)/[C@@](C)(CC(N)=O)[C@@H]3CCC(N)=O)C(C)(C)[C@@H]2CCC(N)=O.[C-]#N.[Co+3]. The minimum atomic E-state index is -5.30. The summed E-state index contributed by atoms with van der Waals surface area (Å²) in [4.78, 5) is 128. The fraction of sp³-hybridized carbons (Fsp3) is 0.607. The summed E-state index contributed by atoms with van der Waals surface area (Å²) in [7, 11) is -5.30. The summed E-state index contributed by atoms with van der Waals surface area (Å²) in [5.74, 6) is -7.40. The van der Waals surface area contributed by atoms with Gasteiger partial charge in [-0.3, -0.25) is 53.1 Å². The predicted molar refractivity (Wildman–Crippen MR) is 327 cm³/mol. The van der Waals surface area contributed by atoms with Gasteiger partial charge in [0.2, 0.25) is 41.4 Å². The number of hydrogen-bond donors (Lipinski definition) is 9. The molecule has 2 saturated heterocycles. The van der Waals surface area contributed by atoms with E-state index in [4.69, 9.17) is 80.3 Å². The van der Waals surface area contributed by atoms with E-state index in [1.807, 2.05) is 47.6 Å². The van der Waals surface area contributed by atoms with Crippen molar-refractivity contribution >= 4 is 77.3 Å². The molecule has 15 atom stereocenters. The van der Waals surface area contributed by atoms with E-state index in [0.29, 0.717) is 56.4 Å². The molecule has 496 valence electrons. The molecule has 8 rings (SSSR count). The fourth-order valence-corrected chi connectivity index (χ4v) is 16.1. The second kappa shape index (κ2) is 28.1. The van der Waals surface area contributed by atoms with Gasteiger partial charge in [0.1, 0.15) is 18.3 Å². The minimum absolute atomic E-state index is 0. The monoisotopic (exact) mass is 1330 g/mol. The number of benzene rings is 1. The van der Waals surface area contributed by atoms with Crippen LogP contribution < -0.4 is 44.6 Å². The van der Waals surface area contributed by atoms with Crippen LogP contribution >= 0.6 is 7.82 Å². The number of imidazole rings is 1. The van der Waals surface area contributed by atoms with Gasteiger partial charge in [-0.2, -0.15) is 11.4 Å². The molecule has 30 heteroatoms. The van der Waals surface area contributed by atoms with Crippen molar-refractivity contribution in [3.63, 3.8) is 0 Å². The molecule has 1 aromatic heterocycles. The zero-order valence-electron chi connectivity index (χ0n) is 52.6. The van der Waals surface area contributed by atoms with Crippen molar-refractivity contribution < 1.29 is 83.8 Å². The Bertz CT molecular complexity index is 3490. The van der Waals surface area contributed by atoms with Gasteiger partial charge in [0.15, 0.2) is 6.23 Å². The summed E-state index contributed by atoms with van der Waals surface area (Å²) in [5.41, 5.74) is 34.7. The number of amides is 7. The molecule has 6 aliphatic heterocycles. The number of para-hydroxylation sites is 2. The zero-order chi connectivity index (χ0) is 67.0. The number of aliphatic hydroxyl groups is 2. The largest absolute Gasteiger partial charge is 3.00 e. The maximum Gasteiger partial charge on any atom is 3.00 e. The number of ether oxygens (including phenoxy) is 1. The van der Waals surface area contributed by atoms with Gasteiger partial charge in [-0.1, -0.05) is 52.8 Å². The molecular weight excluding hydrogens is 1240 g/mol. The molecule has 0 saturated carbocycles. The standard InChI is InChI=1S/C60H86N13O14P.CN.Co/c1-29(86-88(83,84)87-51-39(27-74)85-55(50(51)82)73-28-68-36-12-10-11-13-38(36)73)26-67-47(81)20-21-57(6)35(22-44(64)78)54-60(9)59(8,25-46(66)80)34(16-19-43(63)77)49(72-60)31(3)53-58(7,24-45(65)79)32(14-17-41(61)75)37(69-53)23-40-56(4,5)33(15-18-42(62)76)48(70-40)30(2)52(57)71-54;1-2;/h10-13,23,28-29,32-35,39,50-51,54-55,74,82H,14-22,24-27H2,1-9H3,(H15,61,62,63,64,65,66,67,69,70,71,72,75,76,77,78,79,80,81,83,84);;/q;-1;+3/p-2/t29-,32+,33+,34+,35-,39+,50+,51+,54+,55-,57+,58-,59-,60-;;/m0../s1. The number of carbonyl (C=O) groups excluding carboxylic acids is 7. The van der Waals surface area contributed by atoms with Gasteiger partial charge in [-0.15, -0.1) is 0 Å². The number of phosphoric acid groups is 1. The van der Waals surface area contributed by atoms with Crippen molar-refractivity contribution in [2.24, 2.45) is 94.7 Å². The van der Waals surface area contributed by atoms with Gasteiger partial charge in [-0.05, 0) is 88.0 Å². The van der Waals surface area contributed by atoms with Gasteiger partial charge in [0.05, 0.1) is 47.3 Å². The third kappa shape index (κ3) is 14.3. The molecule has 1 unspecified atom stereocenters. The Labute approximate surface area is 538 Å². The van der Waals surface area contributed by atoms with Crippen LogP contribution in [0.3, 0.4) is 0 Å². The van der Waals surface area contributed by atoms with E-state index in [-0.39, 0.29) is 94.0 Å². The normalized spacial score (nSPS) is 33.6. The van der Waals surface area contributed by atoms with Crippen molar-refractivity contribution in [2.75, 3.05) is 13.2 Å². The Morgan fingerprint density at radius 3 is 2.02 bits per heavy atom. The molecule has 2 fully saturated rings. The summed E-state index contributed by atoms with van der Waals surface area (Å²) < 4.78 is 31.6. The summed E-state index contributed by atoms with van der Waals surface area (Å²) in [5, 5.41) is 35.9. The number of nitrogens with two attached hydrogens (primary N) is 6. The van der Waals surface area contributed by atoms with E-state index >= 15 is 0 Å². The number of fused-ring (bicyclic) bond motifs is 7. The van der Waals surface area contributed by atoms with Crippen LogP contribution in [-0.2, 0) is 68.7 Å².